The third kappa shape index (κ3) is 3.59. The highest BCUT2D eigenvalue weighted by molar-refractivity contribution is 8.00. The Morgan fingerprint density at radius 1 is 1.19 bits per heavy atom. The van der Waals surface area contributed by atoms with E-state index < -0.39 is 17.0 Å². The standard InChI is InChI=1S/C18H15ClFN3O2S/c1-11(17(24)25-2)26-18-22-21-16(12-7-3-4-8-13(12)19)23(18)15-10-6-5-9-14(15)20/h3-11H,1-2H3/t11-/m1/s1. The van der Waals surface area contributed by atoms with Gasteiger partial charge in [-0.2, -0.15) is 0 Å². The van der Waals surface area contributed by atoms with Crippen LogP contribution in [0.2, 0.25) is 5.02 Å². The topological polar surface area (TPSA) is 57.0 Å². The van der Waals surface area contributed by atoms with Gasteiger partial charge in [0.25, 0.3) is 0 Å². The molecule has 0 aliphatic rings. The van der Waals surface area contributed by atoms with Gasteiger partial charge in [0, 0.05) is 5.56 Å². The lowest BCUT2D eigenvalue weighted by molar-refractivity contribution is -0.139. The zero-order valence-corrected chi connectivity index (χ0v) is 15.6. The predicted octanol–water partition coefficient (Wildman–Crippen LogP) is 4.38. The van der Waals surface area contributed by atoms with E-state index in [-0.39, 0.29) is 5.69 Å². The average molecular weight is 392 g/mol. The van der Waals surface area contributed by atoms with Crippen molar-refractivity contribution < 1.29 is 13.9 Å². The molecular formula is C18H15ClFN3O2S. The first kappa shape index (κ1) is 18.4. The lowest BCUT2D eigenvalue weighted by atomic mass is 10.2. The number of para-hydroxylation sites is 1. The third-order valence-corrected chi connectivity index (χ3v) is 5.01. The molecule has 8 heteroatoms. The number of carbonyl (C=O) groups is 1. The summed E-state index contributed by atoms with van der Waals surface area (Å²) in [5.74, 6) is -0.453. The number of methoxy groups -OCH3 is 1. The summed E-state index contributed by atoms with van der Waals surface area (Å²) in [5, 5.41) is 8.64. The Hall–Kier alpha value is -2.38. The Bertz CT molecular complexity index is 948. The van der Waals surface area contributed by atoms with Crippen molar-refractivity contribution in [3.05, 3.63) is 59.4 Å². The molecular weight excluding hydrogens is 377 g/mol. The van der Waals surface area contributed by atoms with Gasteiger partial charge in [0.2, 0.25) is 0 Å². The number of hydrogen-bond donors (Lipinski definition) is 0. The Kier molecular flexibility index (Phi) is 5.58. The number of carbonyl (C=O) groups excluding carboxylic acids is 1. The molecule has 0 saturated heterocycles. The Morgan fingerprint density at radius 2 is 1.88 bits per heavy atom. The van der Waals surface area contributed by atoms with E-state index in [1.54, 1.807) is 47.9 Å². The Labute approximate surface area is 159 Å². The average Bonchev–Trinajstić information content (AvgIpc) is 3.04. The number of hydrogen-bond acceptors (Lipinski definition) is 5. The second kappa shape index (κ2) is 7.88. The van der Waals surface area contributed by atoms with Gasteiger partial charge in [0.05, 0.1) is 17.8 Å². The van der Waals surface area contributed by atoms with Crippen LogP contribution in [-0.4, -0.2) is 33.1 Å². The highest BCUT2D eigenvalue weighted by atomic mass is 35.5. The van der Waals surface area contributed by atoms with Gasteiger partial charge in [-0.1, -0.05) is 47.6 Å². The molecule has 134 valence electrons. The van der Waals surface area contributed by atoms with Gasteiger partial charge >= 0.3 is 5.97 Å². The van der Waals surface area contributed by atoms with Gasteiger partial charge in [0.15, 0.2) is 11.0 Å². The molecule has 0 bridgehead atoms. The maximum atomic E-state index is 14.5. The lowest BCUT2D eigenvalue weighted by Crippen LogP contribution is -2.15. The fourth-order valence-corrected chi connectivity index (χ4v) is 3.49. The van der Waals surface area contributed by atoms with E-state index in [1.165, 1.54) is 13.2 Å². The summed E-state index contributed by atoms with van der Waals surface area (Å²) in [5.41, 5.74) is 0.884. The molecule has 0 spiro atoms. The first-order valence-electron chi connectivity index (χ1n) is 7.72. The summed E-state index contributed by atoms with van der Waals surface area (Å²) >= 11 is 7.42. The van der Waals surface area contributed by atoms with Gasteiger partial charge in [-0.05, 0) is 31.2 Å². The molecule has 0 aliphatic carbocycles. The minimum Gasteiger partial charge on any atom is -0.468 e. The van der Waals surface area contributed by atoms with Crippen LogP contribution in [0.1, 0.15) is 6.92 Å². The number of aromatic nitrogens is 3. The van der Waals surface area contributed by atoms with Crippen molar-refractivity contribution in [2.24, 2.45) is 0 Å². The van der Waals surface area contributed by atoms with Gasteiger partial charge in [-0.25, -0.2) is 4.39 Å². The Balaban J connectivity index is 2.17. The SMILES string of the molecule is COC(=O)[C@@H](C)Sc1nnc(-c2ccccc2Cl)n1-c1ccccc1F. The van der Waals surface area contributed by atoms with Crippen molar-refractivity contribution >= 4 is 29.3 Å². The molecule has 2 aromatic carbocycles. The second-order valence-corrected chi connectivity index (χ2v) is 7.07. The number of nitrogens with zero attached hydrogens (tertiary/aromatic N) is 3. The predicted molar refractivity (Wildman–Crippen MR) is 99.1 cm³/mol. The van der Waals surface area contributed by atoms with Crippen LogP contribution in [0.15, 0.2) is 53.7 Å². The van der Waals surface area contributed by atoms with Crippen LogP contribution in [0.25, 0.3) is 17.1 Å². The van der Waals surface area contributed by atoms with Crippen molar-refractivity contribution in [2.45, 2.75) is 17.3 Å². The molecule has 26 heavy (non-hydrogen) atoms. The fraction of sp³-hybridized carbons (Fsp3) is 0.167. The number of rotatable bonds is 5. The lowest BCUT2D eigenvalue weighted by Gasteiger charge is -2.13. The van der Waals surface area contributed by atoms with E-state index in [0.29, 0.717) is 21.6 Å². The summed E-state index contributed by atoms with van der Waals surface area (Å²) in [6.07, 6.45) is 0. The van der Waals surface area contributed by atoms with Gasteiger partial charge in [0.1, 0.15) is 11.1 Å². The summed E-state index contributed by atoms with van der Waals surface area (Å²) in [6.45, 7) is 1.69. The van der Waals surface area contributed by atoms with Crippen LogP contribution < -0.4 is 0 Å². The summed E-state index contributed by atoms with van der Waals surface area (Å²) in [4.78, 5) is 11.8. The molecule has 1 heterocycles. The number of halogens is 2. The van der Waals surface area contributed by atoms with E-state index in [0.717, 1.165) is 11.8 Å². The minimum atomic E-state index is -0.534. The second-order valence-electron chi connectivity index (χ2n) is 5.36. The molecule has 1 aromatic heterocycles. The molecule has 0 unspecified atom stereocenters. The Morgan fingerprint density at radius 3 is 2.58 bits per heavy atom. The molecule has 0 aliphatic heterocycles. The summed E-state index contributed by atoms with van der Waals surface area (Å²) in [7, 11) is 1.32. The van der Waals surface area contributed by atoms with Crippen molar-refractivity contribution in [1.82, 2.24) is 14.8 Å². The number of esters is 1. The van der Waals surface area contributed by atoms with Crippen molar-refractivity contribution in [2.75, 3.05) is 7.11 Å². The zero-order chi connectivity index (χ0) is 18.7. The first-order valence-corrected chi connectivity index (χ1v) is 8.98. The van der Waals surface area contributed by atoms with Gasteiger partial charge in [-0.3, -0.25) is 9.36 Å². The molecule has 3 rings (SSSR count). The zero-order valence-electron chi connectivity index (χ0n) is 14.0. The van der Waals surface area contributed by atoms with Crippen molar-refractivity contribution in [3.8, 4) is 17.1 Å². The molecule has 0 saturated carbocycles. The maximum Gasteiger partial charge on any atom is 0.318 e. The molecule has 0 radical (unpaired) electrons. The molecule has 0 fully saturated rings. The smallest absolute Gasteiger partial charge is 0.318 e. The van der Waals surface area contributed by atoms with Gasteiger partial charge in [-0.15, -0.1) is 10.2 Å². The molecule has 5 nitrogen and oxygen atoms in total. The third-order valence-electron chi connectivity index (χ3n) is 3.66. The summed E-state index contributed by atoms with van der Waals surface area (Å²) in [6, 6.07) is 13.4. The fourth-order valence-electron chi connectivity index (χ4n) is 2.39. The monoisotopic (exact) mass is 391 g/mol. The number of benzene rings is 2. The van der Waals surface area contributed by atoms with E-state index in [2.05, 4.69) is 10.2 Å². The summed E-state index contributed by atoms with van der Waals surface area (Å²) < 4.78 is 20.8. The highest BCUT2D eigenvalue weighted by Gasteiger charge is 2.24. The maximum absolute atomic E-state index is 14.5. The van der Waals surface area contributed by atoms with E-state index >= 15 is 0 Å². The molecule has 3 aromatic rings. The van der Waals surface area contributed by atoms with Crippen LogP contribution in [0.5, 0.6) is 0 Å². The molecule has 0 N–H and O–H groups in total. The number of thioether (sulfide) groups is 1. The van der Waals surface area contributed by atoms with E-state index in [1.807, 2.05) is 6.07 Å². The normalized spacial score (nSPS) is 12.0. The largest absolute Gasteiger partial charge is 0.468 e. The van der Waals surface area contributed by atoms with Crippen molar-refractivity contribution in [3.63, 3.8) is 0 Å². The highest BCUT2D eigenvalue weighted by Crippen LogP contribution is 2.34. The van der Waals surface area contributed by atoms with E-state index in [9.17, 15) is 9.18 Å². The minimum absolute atomic E-state index is 0.270. The number of ether oxygens (including phenoxy) is 1. The first-order chi connectivity index (χ1) is 12.5. The van der Waals surface area contributed by atoms with Crippen LogP contribution >= 0.6 is 23.4 Å². The van der Waals surface area contributed by atoms with Crippen LogP contribution in [0.3, 0.4) is 0 Å². The van der Waals surface area contributed by atoms with Crippen LogP contribution in [0.4, 0.5) is 4.39 Å². The quantitative estimate of drug-likeness (QED) is 0.477. The van der Waals surface area contributed by atoms with Crippen LogP contribution in [0, 0.1) is 5.82 Å². The molecule has 1 atom stereocenters. The van der Waals surface area contributed by atoms with E-state index in [4.69, 9.17) is 16.3 Å². The van der Waals surface area contributed by atoms with Crippen molar-refractivity contribution in [1.29, 1.82) is 0 Å². The molecule has 0 amide bonds. The van der Waals surface area contributed by atoms with Crippen LogP contribution in [-0.2, 0) is 9.53 Å². The van der Waals surface area contributed by atoms with Gasteiger partial charge < -0.3 is 4.74 Å².